The number of aromatic nitrogens is 3. The van der Waals surface area contributed by atoms with Crippen LogP contribution >= 0.6 is 11.9 Å². The molecule has 0 amide bonds. The fourth-order valence-electron chi connectivity index (χ4n) is 2.53. The van der Waals surface area contributed by atoms with Crippen LogP contribution in [-0.4, -0.2) is 33.7 Å². The molecule has 0 bridgehead atoms. The molecule has 0 saturated heterocycles. The van der Waals surface area contributed by atoms with Gasteiger partial charge in [-0.3, -0.25) is 9.78 Å². The monoisotopic (exact) mass is 368 g/mol. The second kappa shape index (κ2) is 8.64. The van der Waals surface area contributed by atoms with Gasteiger partial charge in [0.05, 0.1) is 11.7 Å². The highest BCUT2D eigenvalue weighted by Crippen LogP contribution is 2.19. The molecule has 1 N–H and O–H groups in total. The minimum Gasteiger partial charge on any atom is -0.460 e. The van der Waals surface area contributed by atoms with Crippen LogP contribution in [0.1, 0.15) is 11.4 Å². The van der Waals surface area contributed by atoms with E-state index in [1.54, 1.807) is 18.5 Å². The fourth-order valence-corrected chi connectivity index (χ4v) is 3.16. The van der Waals surface area contributed by atoms with E-state index in [1.165, 1.54) is 17.5 Å². The third kappa shape index (κ3) is 4.50. The van der Waals surface area contributed by atoms with Crippen LogP contribution in [0.3, 0.4) is 0 Å². The van der Waals surface area contributed by atoms with Crippen LogP contribution in [0.5, 0.6) is 0 Å². The zero-order valence-corrected chi connectivity index (χ0v) is 15.3. The van der Waals surface area contributed by atoms with Crippen LogP contribution < -0.4 is 4.72 Å². The van der Waals surface area contributed by atoms with Crippen LogP contribution in [0.25, 0.3) is 11.0 Å². The Morgan fingerprint density at radius 1 is 1.35 bits per heavy atom. The molecule has 134 valence electrons. The lowest BCUT2D eigenvalue weighted by Gasteiger charge is -2.08. The number of aryl methyl sites for hydroxylation is 1. The Hall–Kier alpha value is -2.64. The second-order valence-corrected chi connectivity index (χ2v) is 6.61. The quantitative estimate of drug-likeness (QED) is 0.374. The van der Waals surface area contributed by atoms with E-state index in [2.05, 4.69) is 38.0 Å². The molecule has 0 aliphatic heterocycles. The highest BCUT2D eigenvalue weighted by molar-refractivity contribution is 7.97. The number of hydrogen-bond donors (Lipinski definition) is 1. The summed E-state index contributed by atoms with van der Waals surface area (Å²) < 4.78 is 10.1. The Bertz CT molecular complexity index is 906. The van der Waals surface area contributed by atoms with Crippen molar-refractivity contribution in [2.75, 3.05) is 13.2 Å². The van der Waals surface area contributed by atoms with Crippen molar-refractivity contribution in [1.82, 2.24) is 19.3 Å². The second-order valence-electron chi connectivity index (χ2n) is 5.65. The predicted molar refractivity (Wildman–Crippen MR) is 103 cm³/mol. The summed E-state index contributed by atoms with van der Waals surface area (Å²) in [4.78, 5) is 21.1. The van der Waals surface area contributed by atoms with Crippen molar-refractivity contribution in [3.63, 3.8) is 0 Å². The number of benzene rings is 1. The molecule has 0 radical (unpaired) electrons. The Morgan fingerprint density at radius 3 is 2.92 bits per heavy atom. The Labute approximate surface area is 156 Å². The molecular formula is C19H20N4O2S. The summed E-state index contributed by atoms with van der Waals surface area (Å²) in [5.41, 5.74) is 3.17. The number of imidazole rings is 1. The van der Waals surface area contributed by atoms with Gasteiger partial charge in [0.1, 0.15) is 24.5 Å². The number of ether oxygens (including phenoxy) is 1. The van der Waals surface area contributed by atoms with Gasteiger partial charge in [-0.15, -0.1) is 0 Å². The van der Waals surface area contributed by atoms with Crippen molar-refractivity contribution >= 4 is 29.0 Å². The molecule has 2 heterocycles. The molecule has 26 heavy (non-hydrogen) atoms. The number of rotatable bonds is 8. The van der Waals surface area contributed by atoms with E-state index in [-0.39, 0.29) is 19.1 Å². The van der Waals surface area contributed by atoms with Crippen molar-refractivity contribution in [2.24, 2.45) is 0 Å². The molecule has 0 fully saturated rings. The van der Waals surface area contributed by atoms with E-state index in [0.29, 0.717) is 0 Å². The SMILES string of the molecule is C=CCOC(=O)CNSc1ccc(Cn2c(C)nc3cnccc32)cc1. The Morgan fingerprint density at radius 2 is 2.15 bits per heavy atom. The minimum atomic E-state index is -0.300. The maximum atomic E-state index is 11.4. The third-order valence-electron chi connectivity index (χ3n) is 3.77. The van der Waals surface area contributed by atoms with Gasteiger partial charge in [-0.25, -0.2) is 9.71 Å². The van der Waals surface area contributed by atoms with Gasteiger partial charge >= 0.3 is 5.97 Å². The van der Waals surface area contributed by atoms with Crippen molar-refractivity contribution in [3.8, 4) is 0 Å². The molecule has 7 heteroatoms. The molecule has 1 aromatic carbocycles. The number of hydrogen-bond acceptors (Lipinski definition) is 6. The summed E-state index contributed by atoms with van der Waals surface area (Å²) in [6.07, 6.45) is 5.11. The van der Waals surface area contributed by atoms with Gasteiger partial charge in [0.25, 0.3) is 0 Å². The van der Waals surface area contributed by atoms with Gasteiger partial charge in [-0.1, -0.05) is 24.8 Å². The van der Waals surface area contributed by atoms with Crippen molar-refractivity contribution < 1.29 is 9.53 Å². The molecule has 0 spiro atoms. The van der Waals surface area contributed by atoms with Crippen LogP contribution in [0, 0.1) is 6.92 Å². The van der Waals surface area contributed by atoms with Gasteiger partial charge in [0.2, 0.25) is 0 Å². The maximum Gasteiger partial charge on any atom is 0.321 e. The fraction of sp³-hybridized carbons (Fsp3) is 0.211. The highest BCUT2D eigenvalue weighted by atomic mass is 32.2. The van der Waals surface area contributed by atoms with Gasteiger partial charge in [-0.2, -0.15) is 0 Å². The van der Waals surface area contributed by atoms with Gasteiger partial charge in [0.15, 0.2) is 0 Å². The molecule has 0 saturated carbocycles. The zero-order valence-electron chi connectivity index (χ0n) is 14.5. The molecule has 2 aromatic heterocycles. The van der Waals surface area contributed by atoms with E-state index in [0.717, 1.165) is 28.3 Å². The Balaban J connectivity index is 1.58. The van der Waals surface area contributed by atoms with E-state index in [1.807, 2.05) is 25.1 Å². The summed E-state index contributed by atoms with van der Waals surface area (Å²) in [6.45, 7) is 6.64. The molecule has 0 unspecified atom stereocenters. The summed E-state index contributed by atoms with van der Waals surface area (Å²) >= 11 is 1.40. The van der Waals surface area contributed by atoms with Crippen LogP contribution in [0.2, 0.25) is 0 Å². The average molecular weight is 368 g/mol. The smallest absolute Gasteiger partial charge is 0.321 e. The van der Waals surface area contributed by atoms with Gasteiger partial charge in [0, 0.05) is 17.6 Å². The standard InChI is InChI=1S/C19H20N4O2S/c1-3-10-25-19(24)12-21-26-16-6-4-15(5-7-16)13-23-14(2)22-17-11-20-9-8-18(17)23/h3-9,11,21H,1,10,12-13H2,2H3. The summed E-state index contributed by atoms with van der Waals surface area (Å²) in [5, 5.41) is 0. The first kappa shape index (κ1) is 18.2. The first-order chi connectivity index (χ1) is 12.7. The first-order valence-electron chi connectivity index (χ1n) is 8.19. The maximum absolute atomic E-state index is 11.4. The predicted octanol–water partition coefficient (Wildman–Crippen LogP) is 3.11. The van der Waals surface area contributed by atoms with Gasteiger partial charge < -0.3 is 9.30 Å². The molecule has 3 rings (SSSR count). The lowest BCUT2D eigenvalue weighted by molar-refractivity contribution is -0.140. The summed E-state index contributed by atoms with van der Waals surface area (Å²) in [6, 6.07) is 10.2. The minimum absolute atomic E-state index is 0.147. The number of nitrogens with one attached hydrogen (secondary N) is 1. The first-order valence-corrected chi connectivity index (χ1v) is 9.01. The topological polar surface area (TPSA) is 69.0 Å². The summed E-state index contributed by atoms with van der Waals surface area (Å²) in [5.74, 6) is 0.664. The average Bonchev–Trinajstić information content (AvgIpc) is 2.97. The van der Waals surface area contributed by atoms with Gasteiger partial charge in [-0.05, 0) is 42.6 Å². The number of esters is 1. The number of pyridine rings is 1. The lowest BCUT2D eigenvalue weighted by Crippen LogP contribution is -2.19. The van der Waals surface area contributed by atoms with Crippen LogP contribution in [-0.2, 0) is 16.1 Å². The number of carbonyl (C=O) groups is 1. The van der Waals surface area contributed by atoms with Crippen LogP contribution in [0.4, 0.5) is 0 Å². The lowest BCUT2D eigenvalue weighted by atomic mass is 10.2. The molecule has 0 aliphatic carbocycles. The van der Waals surface area contributed by atoms with Crippen molar-refractivity contribution in [3.05, 3.63) is 66.8 Å². The molecule has 3 aromatic rings. The molecular weight excluding hydrogens is 348 g/mol. The van der Waals surface area contributed by atoms with Crippen LogP contribution in [0.15, 0.2) is 60.3 Å². The van der Waals surface area contributed by atoms with Crippen molar-refractivity contribution in [1.29, 1.82) is 0 Å². The van der Waals surface area contributed by atoms with E-state index in [9.17, 15) is 4.79 Å². The number of carbonyl (C=O) groups excluding carboxylic acids is 1. The highest BCUT2D eigenvalue weighted by Gasteiger charge is 2.08. The molecule has 0 aliphatic rings. The third-order valence-corrected chi connectivity index (χ3v) is 4.57. The zero-order chi connectivity index (χ0) is 18.4. The van der Waals surface area contributed by atoms with E-state index in [4.69, 9.17) is 4.74 Å². The Kier molecular flexibility index (Phi) is 6.04. The van der Waals surface area contributed by atoms with Crippen molar-refractivity contribution in [2.45, 2.75) is 18.4 Å². The van der Waals surface area contributed by atoms with E-state index >= 15 is 0 Å². The number of fused-ring (bicyclic) bond motifs is 1. The normalized spacial score (nSPS) is 10.8. The summed E-state index contributed by atoms with van der Waals surface area (Å²) in [7, 11) is 0. The van der Waals surface area contributed by atoms with E-state index < -0.39 is 0 Å². The molecule has 6 nitrogen and oxygen atoms in total. The largest absolute Gasteiger partial charge is 0.460 e. The number of nitrogens with zero attached hydrogens (tertiary/aromatic N) is 3. The molecule has 0 atom stereocenters.